The van der Waals surface area contributed by atoms with Crippen LogP contribution in [0.2, 0.25) is 0 Å². The molecule has 3 nitrogen and oxygen atoms in total. The second-order valence-electron chi connectivity index (χ2n) is 6.02. The van der Waals surface area contributed by atoms with E-state index in [-0.39, 0.29) is 12.1 Å². The summed E-state index contributed by atoms with van der Waals surface area (Å²) in [6.45, 7) is 10.5. The molecule has 0 amide bonds. The zero-order chi connectivity index (χ0) is 14.1. The van der Waals surface area contributed by atoms with E-state index in [2.05, 4.69) is 55.3 Å². The molecule has 108 valence electrons. The molecular weight excluding hydrogens is 236 g/mol. The summed E-state index contributed by atoms with van der Waals surface area (Å²) in [4.78, 5) is 2.31. The number of aliphatic hydroxyl groups is 1. The summed E-state index contributed by atoms with van der Waals surface area (Å²) >= 11 is 0. The lowest BCUT2D eigenvalue weighted by atomic mass is 10.1. The standard InChI is InChI=1S/C16H28N2O/c1-16(2,3)17-10-7-11-18(12-13-19)14-15-8-5-4-6-9-15/h4-6,8-9,17,19H,7,10-14H2,1-3H3. The van der Waals surface area contributed by atoms with E-state index in [4.69, 9.17) is 5.11 Å². The van der Waals surface area contributed by atoms with Crippen LogP contribution in [0.5, 0.6) is 0 Å². The number of nitrogens with zero attached hydrogens (tertiary/aromatic N) is 1. The van der Waals surface area contributed by atoms with Crippen molar-refractivity contribution in [2.75, 3.05) is 26.2 Å². The number of rotatable bonds is 8. The van der Waals surface area contributed by atoms with Gasteiger partial charge in [-0.25, -0.2) is 0 Å². The first-order chi connectivity index (χ1) is 9.01. The number of benzene rings is 1. The lowest BCUT2D eigenvalue weighted by molar-refractivity contribution is 0.187. The molecule has 0 aliphatic rings. The third-order valence-electron chi connectivity index (χ3n) is 2.97. The van der Waals surface area contributed by atoms with Crippen molar-refractivity contribution in [1.82, 2.24) is 10.2 Å². The molecule has 2 N–H and O–H groups in total. The molecule has 0 aromatic heterocycles. The minimum atomic E-state index is 0.182. The Bertz CT molecular complexity index is 332. The van der Waals surface area contributed by atoms with Gasteiger partial charge in [0.1, 0.15) is 0 Å². The Balaban J connectivity index is 2.32. The molecule has 0 spiro atoms. The second-order valence-corrected chi connectivity index (χ2v) is 6.02. The Labute approximate surface area is 117 Å². The fourth-order valence-corrected chi connectivity index (χ4v) is 2.02. The van der Waals surface area contributed by atoms with Crippen molar-refractivity contribution >= 4 is 0 Å². The summed E-state index contributed by atoms with van der Waals surface area (Å²) in [5.74, 6) is 0. The number of nitrogens with one attached hydrogen (secondary N) is 1. The first kappa shape index (κ1) is 16.2. The Kier molecular flexibility index (Phi) is 7.06. The molecular formula is C16H28N2O. The van der Waals surface area contributed by atoms with Crippen LogP contribution in [0, 0.1) is 0 Å². The van der Waals surface area contributed by atoms with Gasteiger partial charge in [0.15, 0.2) is 0 Å². The van der Waals surface area contributed by atoms with E-state index < -0.39 is 0 Å². The lowest BCUT2D eigenvalue weighted by Crippen LogP contribution is -2.38. The van der Waals surface area contributed by atoms with E-state index in [1.54, 1.807) is 0 Å². The van der Waals surface area contributed by atoms with Crippen LogP contribution < -0.4 is 5.32 Å². The van der Waals surface area contributed by atoms with E-state index in [9.17, 15) is 0 Å². The van der Waals surface area contributed by atoms with Crippen molar-refractivity contribution in [3.8, 4) is 0 Å². The van der Waals surface area contributed by atoms with Crippen molar-refractivity contribution in [1.29, 1.82) is 0 Å². The van der Waals surface area contributed by atoms with Gasteiger partial charge in [0.2, 0.25) is 0 Å². The summed E-state index contributed by atoms with van der Waals surface area (Å²) in [7, 11) is 0. The predicted molar refractivity (Wildman–Crippen MR) is 81.2 cm³/mol. The molecule has 0 aliphatic heterocycles. The van der Waals surface area contributed by atoms with Crippen molar-refractivity contribution in [3.05, 3.63) is 35.9 Å². The summed E-state index contributed by atoms with van der Waals surface area (Å²) in [6, 6.07) is 10.4. The first-order valence-corrected chi connectivity index (χ1v) is 7.13. The maximum atomic E-state index is 9.14. The molecule has 0 unspecified atom stereocenters. The maximum absolute atomic E-state index is 9.14. The molecule has 1 aromatic carbocycles. The quantitative estimate of drug-likeness (QED) is 0.707. The van der Waals surface area contributed by atoms with Crippen LogP contribution in [-0.4, -0.2) is 41.8 Å². The van der Waals surface area contributed by atoms with Crippen LogP contribution in [0.15, 0.2) is 30.3 Å². The molecule has 0 fully saturated rings. The van der Waals surface area contributed by atoms with Gasteiger partial charge >= 0.3 is 0 Å². The fourth-order valence-electron chi connectivity index (χ4n) is 2.02. The Morgan fingerprint density at radius 2 is 1.79 bits per heavy atom. The van der Waals surface area contributed by atoms with Gasteiger partial charge in [-0.3, -0.25) is 4.90 Å². The maximum Gasteiger partial charge on any atom is 0.0558 e. The van der Waals surface area contributed by atoms with Crippen LogP contribution in [-0.2, 0) is 6.54 Å². The van der Waals surface area contributed by atoms with Gasteiger partial charge in [-0.1, -0.05) is 30.3 Å². The largest absolute Gasteiger partial charge is 0.395 e. The molecule has 0 saturated heterocycles. The number of aliphatic hydroxyl groups excluding tert-OH is 1. The SMILES string of the molecule is CC(C)(C)NCCCN(CCO)Cc1ccccc1. The average Bonchev–Trinajstić information content (AvgIpc) is 2.35. The van der Waals surface area contributed by atoms with Gasteiger partial charge in [0.05, 0.1) is 6.61 Å². The average molecular weight is 264 g/mol. The molecule has 0 radical (unpaired) electrons. The van der Waals surface area contributed by atoms with Crippen molar-refractivity contribution < 1.29 is 5.11 Å². The summed E-state index contributed by atoms with van der Waals surface area (Å²) in [6.07, 6.45) is 1.10. The lowest BCUT2D eigenvalue weighted by Gasteiger charge is -2.24. The van der Waals surface area contributed by atoms with Crippen LogP contribution in [0.3, 0.4) is 0 Å². The molecule has 1 rings (SSSR count). The van der Waals surface area contributed by atoms with Crippen molar-refractivity contribution in [3.63, 3.8) is 0 Å². The summed E-state index contributed by atoms with van der Waals surface area (Å²) in [5.41, 5.74) is 1.49. The molecule has 0 atom stereocenters. The van der Waals surface area contributed by atoms with E-state index in [1.165, 1.54) is 5.56 Å². The van der Waals surface area contributed by atoms with Crippen LogP contribution in [0.4, 0.5) is 0 Å². The Morgan fingerprint density at radius 1 is 1.11 bits per heavy atom. The predicted octanol–water partition coefficient (Wildman–Crippen LogP) is 2.26. The van der Waals surface area contributed by atoms with Crippen LogP contribution in [0.25, 0.3) is 0 Å². The minimum Gasteiger partial charge on any atom is -0.395 e. The molecule has 0 heterocycles. The van der Waals surface area contributed by atoms with E-state index in [0.717, 1.165) is 32.6 Å². The molecule has 19 heavy (non-hydrogen) atoms. The molecule has 1 aromatic rings. The van der Waals surface area contributed by atoms with Crippen LogP contribution >= 0.6 is 0 Å². The fraction of sp³-hybridized carbons (Fsp3) is 0.625. The topological polar surface area (TPSA) is 35.5 Å². The number of hydrogen-bond acceptors (Lipinski definition) is 3. The highest BCUT2D eigenvalue weighted by atomic mass is 16.3. The molecule has 0 bridgehead atoms. The van der Waals surface area contributed by atoms with E-state index in [1.807, 2.05) is 6.07 Å². The third-order valence-corrected chi connectivity index (χ3v) is 2.97. The highest BCUT2D eigenvalue weighted by molar-refractivity contribution is 5.14. The monoisotopic (exact) mass is 264 g/mol. The summed E-state index contributed by atoms with van der Waals surface area (Å²) < 4.78 is 0. The second kappa shape index (κ2) is 8.31. The van der Waals surface area contributed by atoms with Gasteiger partial charge in [-0.05, 0) is 45.8 Å². The van der Waals surface area contributed by atoms with E-state index >= 15 is 0 Å². The number of hydrogen-bond donors (Lipinski definition) is 2. The molecule has 3 heteroatoms. The van der Waals surface area contributed by atoms with Gasteiger partial charge in [-0.2, -0.15) is 0 Å². The zero-order valence-corrected chi connectivity index (χ0v) is 12.5. The minimum absolute atomic E-state index is 0.182. The Morgan fingerprint density at radius 3 is 2.37 bits per heavy atom. The first-order valence-electron chi connectivity index (χ1n) is 7.13. The van der Waals surface area contributed by atoms with Crippen molar-refractivity contribution in [2.24, 2.45) is 0 Å². The zero-order valence-electron chi connectivity index (χ0n) is 12.5. The van der Waals surface area contributed by atoms with Gasteiger partial charge in [-0.15, -0.1) is 0 Å². The van der Waals surface area contributed by atoms with Gasteiger partial charge < -0.3 is 10.4 Å². The molecule has 0 aliphatic carbocycles. The normalized spacial score (nSPS) is 12.1. The third kappa shape index (κ3) is 7.98. The van der Waals surface area contributed by atoms with Gasteiger partial charge in [0.25, 0.3) is 0 Å². The highest BCUT2D eigenvalue weighted by Crippen LogP contribution is 2.05. The molecule has 0 saturated carbocycles. The van der Waals surface area contributed by atoms with Gasteiger partial charge in [0, 0.05) is 18.6 Å². The Hall–Kier alpha value is -0.900. The smallest absolute Gasteiger partial charge is 0.0558 e. The van der Waals surface area contributed by atoms with Crippen LogP contribution in [0.1, 0.15) is 32.8 Å². The highest BCUT2D eigenvalue weighted by Gasteiger charge is 2.09. The van der Waals surface area contributed by atoms with Crippen molar-refractivity contribution in [2.45, 2.75) is 39.3 Å². The summed E-state index contributed by atoms with van der Waals surface area (Å²) in [5, 5.41) is 12.6. The van der Waals surface area contributed by atoms with E-state index in [0.29, 0.717) is 0 Å².